The summed E-state index contributed by atoms with van der Waals surface area (Å²) in [6.45, 7) is 1.87. The molecule has 0 radical (unpaired) electrons. The number of nitrogens with zero attached hydrogens (tertiary/aromatic N) is 1. The molecule has 1 fully saturated rings. The molecule has 2 N–H and O–H groups in total. The zero-order valence-electron chi connectivity index (χ0n) is 15.7. The lowest BCUT2D eigenvalue weighted by Crippen LogP contribution is -2.31. The molecule has 4 nitrogen and oxygen atoms in total. The van der Waals surface area contributed by atoms with Gasteiger partial charge >= 0.3 is 5.90 Å². The summed E-state index contributed by atoms with van der Waals surface area (Å²) in [5, 5.41) is 11.2. The van der Waals surface area contributed by atoms with Crippen molar-refractivity contribution in [2.24, 2.45) is 5.92 Å². The second-order valence-electron chi connectivity index (χ2n) is 7.45. The Labute approximate surface area is 165 Å². The number of hydrogen-bond donors (Lipinski definition) is 2. The van der Waals surface area contributed by atoms with Gasteiger partial charge in [-0.05, 0) is 54.9 Å². The second-order valence-corrected chi connectivity index (χ2v) is 7.88. The third-order valence-corrected chi connectivity index (χ3v) is 5.63. The van der Waals surface area contributed by atoms with Gasteiger partial charge in [-0.2, -0.15) is 0 Å². The summed E-state index contributed by atoms with van der Waals surface area (Å²) in [6.07, 6.45) is 8.70. The Morgan fingerprint density at radius 3 is 2.44 bits per heavy atom. The highest BCUT2D eigenvalue weighted by Crippen LogP contribution is 2.21. The Kier molecular flexibility index (Phi) is 7.11. The summed E-state index contributed by atoms with van der Waals surface area (Å²) in [5.74, 6) is 1.21. The number of aliphatic hydroxyl groups excluding tert-OH is 1. The first-order chi connectivity index (χ1) is 13.1. The lowest BCUT2D eigenvalue weighted by molar-refractivity contribution is -0.549. The largest absolute Gasteiger partial charge is 0.464 e. The van der Waals surface area contributed by atoms with Gasteiger partial charge in [-0.1, -0.05) is 29.8 Å². The number of hydrogen-bond acceptors (Lipinski definition) is 1. The van der Waals surface area contributed by atoms with Crippen LogP contribution in [0.1, 0.15) is 43.2 Å². The van der Waals surface area contributed by atoms with Gasteiger partial charge in [0.05, 0.1) is 6.42 Å². The smallest absolute Gasteiger partial charge is 0.333 e. The molecule has 1 aromatic carbocycles. The minimum absolute atomic E-state index is 0.0656. The Hall–Kier alpha value is -2.07. The molecule has 1 aliphatic rings. The van der Waals surface area contributed by atoms with E-state index in [2.05, 4.69) is 21.7 Å². The Bertz CT molecular complexity index is 796. The van der Waals surface area contributed by atoms with E-state index in [1.165, 1.54) is 5.56 Å². The Morgan fingerprint density at radius 2 is 1.78 bits per heavy atom. The van der Waals surface area contributed by atoms with Crippen molar-refractivity contribution in [1.29, 1.82) is 0 Å². The zero-order chi connectivity index (χ0) is 19.1. The van der Waals surface area contributed by atoms with Gasteiger partial charge in [-0.15, -0.1) is 0 Å². The van der Waals surface area contributed by atoms with Gasteiger partial charge in [-0.25, -0.2) is 4.58 Å². The molecule has 0 bridgehead atoms. The number of unbranched alkanes of at least 4 members (excludes halogenated alkanes) is 1. The molecular formula is C22H28ClN2O2+. The summed E-state index contributed by atoms with van der Waals surface area (Å²) in [4.78, 5) is 13.8. The van der Waals surface area contributed by atoms with Gasteiger partial charge in [-0.3, -0.25) is 4.79 Å². The molecular weight excluding hydrogens is 360 g/mol. The van der Waals surface area contributed by atoms with E-state index >= 15 is 0 Å². The van der Waals surface area contributed by atoms with Crippen molar-refractivity contribution >= 4 is 17.5 Å². The van der Waals surface area contributed by atoms with Crippen LogP contribution in [-0.2, 0) is 12.8 Å². The number of aromatic nitrogens is 1. The Morgan fingerprint density at radius 1 is 1.07 bits per heavy atom. The van der Waals surface area contributed by atoms with E-state index in [9.17, 15) is 9.90 Å². The highest BCUT2D eigenvalue weighted by Gasteiger charge is 2.24. The predicted molar refractivity (Wildman–Crippen MR) is 110 cm³/mol. The van der Waals surface area contributed by atoms with Crippen LogP contribution in [0.4, 0.5) is 0 Å². The summed E-state index contributed by atoms with van der Waals surface area (Å²) in [6, 6.07) is 11.6. The fourth-order valence-corrected chi connectivity index (χ4v) is 3.84. The first-order valence-corrected chi connectivity index (χ1v) is 10.2. The molecule has 1 aromatic heterocycles. The number of nitrogens with one attached hydrogen (secondary N) is 1. The highest BCUT2D eigenvalue weighted by molar-refractivity contribution is 6.30. The number of aryl methyl sites for hydroxylation is 1. The van der Waals surface area contributed by atoms with Crippen LogP contribution in [0.15, 0.2) is 47.4 Å². The lowest BCUT2D eigenvalue weighted by Gasteiger charge is -2.21. The fraction of sp³-hybridized carbons (Fsp3) is 0.455. The normalized spacial score (nSPS) is 17.1. The number of H-pyrrole nitrogens is 1. The number of piperidine rings is 1. The van der Waals surface area contributed by atoms with E-state index in [1.807, 2.05) is 18.2 Å². The average molecular weight is 388 g/mol. The first-order valence-electron chi connectivity index (χ1n) is 9.82. The minimum Gasteiger partial charge on any atom is -0.464 e. The van der Waals surface area contributed by atoms with Crippen molar-refractivity contribution in [3.8, 4) is 0 Å². The van der Waals surface area contributed by atoms with Crippen molar-refractivity contribution in [3.63, 3.8) is 0 Å². The summed E-state index contributed by atoms with van der Waals surface area (Å²) in [7, 11) is 0. The van der Waals surface area contributed by atoms with Crippen LogP contribution in [0.2, 0.25) is 5.02 Å². The number of halogens is 1. The topological polar surface area (TPSA) is 56.1 Å². The van der Waals surface area contributed by atoms with Crippen LogP contribution in [0, 0.1) is 5.92 Å². The van der Waals surface area contributed by atoms with Crippen molar-refractivity contribution in [3.05, 3.63) is 69.1 Å². The molecule has 0 atom stereocenters. The SMILES string of the molecule is O=c1ccc(CCCCC(O)=[N+]2CCC(Cc3ccc(Cl)cc3)CC2)c[nH]1. The van der Waals surface area contributed by atoms with Gasteiger partial charge in [0.25, 0.3) is 0 Å². The highest BCUT2D eigenvalue weighted by atomic mass is 35.5. The van der Waals surface area contributed by atoms with Crippen LogP contribution in [0.3, 0.4) is 0 Å². The number of pyridine rings is 1. The third-order valence-electron chi connectivity index (χ3n) is 5.38. The zero-order valence-corrected chi connectivity index (χ0v) is 16.4. The van der Waals surface area contributed by atoms with Gasteiger partial charge in [0.1, 0.15) is 13.1 Å². The second kappa shape index (κ2) is 9.75. The summed E-state index contributed by atoms with van der Waals surface area (Å²) < 4.78 is 2.14. The Balaban J connectivity index is 1.39. The fourth-order valence-electron chi connectivity index (χ4n) is 3.72. The van der Waals surface area contributed by atoms with Crippen LogP contribution in [0.5, 0.6) is 0 Å². The first kappa shape index (κ1) is 19.7. The van der Waals surface area contributed by atoms with Gasteiger partial charge in [0.2, 0.25) is 5.56 Å². The maximum Gasteiger partial charge on any atom is 0.333 e. The molecule has 0 spiro atoms. The van der Waals surface area contributed by atoms with Crippen molar-refractivity contribution in [1.82, 2.24) is 4.98 Å². The molecule has 1 saturated heterocycles. The van der Waals surface area contributed by atoms with Crippen molar-refractivity contribution in [2.75, 3.05) is 13.1 Å². The predicted octanol–water partition coefficient (Wildman–Crippen LogP) is 4.36. The molecule has 0 saturated carbocycles. The van der Waals surface area contributed by atoms with Crippen molar-refractivity contribution in [2.45, 2.75) is 44.9 Å². The molecule has 5 heteroatoms. The molecule has 2 heterocycles. The molecule has 144 valence electrons. The van der Waals surface area contributed by atoms with Crippen molar-refractivity contribution < 1.29 is 9.68 Å². The molecule has 2 aromatic rings. The maximum atomic E-state index is 11.1. The molecule has 0 unspecified atom stereocenters. The minimum atomic E-state index is -0.0656. The van der Waals surface area contributed by atoms with E-state index in [1.54, 1.807) is 12.3 Å². The molecule has 27 heavy (non-hydrogen) atoms. The standard InChI is InChI=1S/C22H27ClN2O2/c23-20-8-5-17(6-9-20)15-18-11-13-25(14-12-18)22(27)4-2-1-3-19-7-10-21(26)24-16-19/h5-10,16,18H,1-4,11-15H2,(H,24,26)/p+1. The van der Waals surface area contributed by atoms with Crippen LogP contribution in [0.25, 0.3) is 0 Å². The number of benzene rings is 1. The van der Waals surface area contributed by atoms with Gasteiger partial charge in [0.15, 0.2) is 0 Å². The molecule has 1 aliphatic heterocycles. The number of rotatable bonds is 7. The van der Waals surface area contributed by atoms with E-state index < -0.39 is 0 Å². The monoisotopic (exact) mass is 387 g/mol. The summed E-state index contributed by atoms with van der Waals surface area (Å²) >= 11 is 5.95. The molecule has 0 aliphatic carbocycles. The molecule has 0 amide bonds. The van der Waals surface area contributed by atoms with Crippen LogP contribution >= 0.6 is 11.6 Å². The summed E-state index contributed by atoms with van der Waals surface area (Å²) in [5.41, 5.74) is 2.41. The third kappa shape index (κ3) is 6.24. The maximum absolute atomic E-state index is 11.1. The van der Waals surface area contributed by atoms with Gasteiger partial charge < -0.3 is 10.1 Å². The van der Waals surface area contributed by atoms with Crippen LogP contribution in [-0.4, -0.2) is 33.7 Å². The number of aromatic amines is 1. The van der Waals surface area contributed by atoms with Crippen LogP contribution < -0.4 is 5.56 Å². The average Bonchev–Trinajstić information content (AvgIpc) is 2.69. The van der Waals surface area contributed by atoms with E-state index in [-0.39, 0.29) is 5.56 Å². The van der Waals surface area contributed by atoms with E-state index in [0.717, 1.165) is 68.6 Å². The lowest BCUT2D eigenvalue weighted by atomic mass is 9.90. The van der Waals surface area contributed by atoms with Gasteiger partial charge in [0, 0.05) is 30.1 Å². The van der Waals surface area contributed by atoms with E-state index in [4.69, 9.17) is 11.6 Å². The van der Waals surface area contributed by atoms with E-state index in [0.29, 0.717) is 11.8 Å². The number of aliphatic hydroxyl groups is 1. The molecule has 3 rings (SSSR count). The quantitative estimate of drug-likeness (QED) is 0.421.